The predicted octanol–water partition coefficient (Wildman–Crippen LogP) is 3.31. The minimum atomic E-state index is -0.595. The second-order valence-corrected chi connectivity index (χ2v) is 7.98. The molecule has 0 aromatic heterocycles. The average Bonchev–Trinajstić information content (AvgIpc) is 2.99. The van der Waals surface area contributed by atoms with Gasteiger partial charge >= 0.3 is 0 Å². The number of piperidine rings is 1. The number of benzene rings is 2. The van der Waals surface area contributed by atoms with Gasteiger partial charge in [0, 0.05) is 41.5 Å². The lowest BCUT2D eigenvalue weighted by atomic mass is 9.97. The zero-order valence-electron chi connectivity index (χ0n) is 15.0. The number of carbonyl (C=O) groups is 2. The Kier molecular flexibility index (Phi) is 4.60. The number of rotatable bonds is 2. The first kappa shape index (κ1) is 17.9. The number of likely N-dealkylation sites (tertiary alicyclic amines) is 1. The van der Waals surface area contributed by atoms with Crippen LogP contribution in [-0.4, -0.2) is 41.2 Å². The van der Waals surface area contributed by atoms with Crippen molar-refractivity contribution in [2.45, 2.75) is 25.4 Å². The van der Waals surface area contributed by atoms with Crippen LogP contribution in [0.5, 0.6) is 0 Å². The summed E-state index contributed by atoms with van der Waals surface area (Å²) in [5.41, 5.74) is 2.41. The highest BCUT2D eigenvalue weighted by Gasteiger charge is 2.43. The molecule has 0 saturated carbocycles. The van der Waals surface area contributed by atoms with Gasteiger partial charge in [-0.1, -0.05) is 46.3 Å². The molecule has 2 aromatic rings. The lowest BCUT2D eigenvalue weighted by molar-refractivity contribution is -0.115. The van der Waals surface area contributed by atoms with E-state index in [2.05, 4.69) is 21.2 Å². The Bertz CT molecular complexity index is 929. The molecule has 1 spiro atoms. The van der Waals surface area contributed by atoms with Crippen LogP contribution in [0.2, 0.25) is 0 Å². The molecule has 1 fully saturated rings. The van der Waals surface area contributed by atoms with Crippen molar-refractivity contribution < 1.29 is 9.59 Å². The van der Waals surface area contributed by atoms with Crippen molar-refractivity contribution in [3.63, 3.8) is 0 Å². The van der Waals surface area contributed by atoms with Crippen molar-refractivity contribution in [3.05, 3.63) is 69.7 Å². The third-order valence-electron chi connectivity index (χ3n) is 5.26. The number of amides is 2. The van der Waals surface area contributed by atoms with Crippen molar-refractivity contribution >= 4 is 33.5 Å². The maximum absolute atomic E-state index is 12.8. The monoisotopic (exact) mass is 425 g/mol. The zero-order valence-corrected chi connectivity index (χ0v) is 16.6. The summed E-state index contributed by atoms with van der Waals surface area (Å²) < 4.78 is 0.961. The summed E-state index contributed by atoms with van der Waals surface area (Å²) in [5, 5.41) is 3.05. The molecule has 2 aliphatic heterocycles. The highest BCUT2D eigenvalue weighted by Crippen LogP contribution is 2.30. The topological polar surface area (TPSA) is 61.8 Å². The highest BCUT2D eigenvalue weighted by molar-refractivity contribution is 9.10. The third-order valence-corrected chi connectivity index (χ3v) is 5.79. The third kappa shape index (κ3) is 3.41. The lowest BCUT2D eigenvalue weighted by Gasteiger charge is -2.37. The number of aliphatic imine (C=N–C) groups is 1. The molecule has 4 rings (SSSR count). The van der Waals surface area contributed by atoms with Gasteiger partial charge in [-0.2, -0.15) is 0 Å². The molecule has 2 heterocycles. The van der Waals surface area contributed by atoms with Gasteiger partial charge in [0.2, 0.25) is 0 Å². The largest absolute Gasteiger partial charge is 0.338 e. The van der Waals surface area contributed by atoms with E-state index in [-0.39, 0.29) is 11.8 Å². The van der Waals surface area contributed by atoms with E-state index in [4.69, 9.17) is 4.99 Å². The first-order chi connectivity index (χ1) is 13.0. The standard InChI is InChI=1S/C21H20BrN3O2/c1-14-4-2-3-5-17(14)20(27)25-12-10-21(11-13-25)23-18(19(26)24-21)15-6-8-16(22)9-7-15/h2-9H,10-13H2,1H3,(H,24,26). The summed E-state index contributed by atoms with van der Waals surface area (Å²) in [6.45, 7) is 3.10. The van der Waals surface area contributed by atoms with Gasteiger partial charge in [-0.15, -0.1) is 0 Å². The molecule has 0 bridgehead atoms. The van der Waals surface area contributed by atoms with Crippen molar-refractivity contribution in [3.8, 4) is 0 Å². The molecule has 0 aliphatic carbocycles. The van der Waals surface area contributed by atoms with Crippen molar-refractivity contribution in [1.29, 1.82) is 0 Å². The Labute approximate surface area is 166 Å². The van der Waals surface area contributed by atoms with E-state index in [1.54, 1.807) is 0 Å². The number of halogens is 1. The average molecular weight is 426 g/mol. The highest BCUT2D eigenvalue weighted by atomic mass is 79.9. The number of hydrogen-bond acceptors (Lipinski definition) is 3. The Balaban J connectivity index is 1.50. The molecule has 2 amide bonds. The van der Waals surface area contributed by atoms with Gasteiger partial charge in [0.1, 0.15) is 11.4 Å². The molecule has 0 unspecified atom stereocenters. The molecule has 6 heteroatoms. The van der Waals surface area contributed by atoms with Crippen molar-refractivity contribution in [2.24, 2.45) is 4.99 Å². The van der Waals surface area contributed by atoms with Crippen LogP contribution in [0.1, 0.15) is 34.3 Å². The van der Waals surface area contributed by atoms with Gasteiger partial charge in [0.15, 0.2) is 0 Å². The summed E-state index contributed by atoms with van der Waals surface area (Å²) in [5.74, 6) is -0.0969. The van der Waals surface area contributed by atoms with Crippen LogP contribution < -0.4 is 5.32 Å². The van der Waals surface area contributed by atoms with Crippen LogP contribution in [-0.2, 0) is 4.79 Å². The normalized spacial score (nSPS) is 18.4. The fourth-order valence-corrected chi connectivity index (χ4v) is 3.93. The van der Waals surface area contributed by atoms with Gasteiger partial charge in [-0.3, -0.25) is 14.6 Å². The Morgan fingerprint density at radius 2 is 1.78 bits per heavy atom. The van der Waals surface area contributed by atoms with Crippen molar-refractivity contribution in [2.75, 3.05) is 13.1 Å². The molecular formula is C21H20BrN3O2. The molecule has 5 nitrogen and oxygen atoms in total. The smallest absolute Gasteiger partial charge is 0.272 e. The molecule has 27 heavy (non-hydrogen) atoms. The van der Waals surface area contributed by atoms with Crippen LogP contribution in [0.15, 0.2) is 58.0 Å². The first-order valence-corrected chi connectivity index (χ1v) is 9.80. The number of hydrogen-bond donors (Lipinski definition) is 1. The van der Waals surface area contributed by atoms with E-state index < -0.39 is 5.66 Å². The Hall–Kier alpha value is -2.47. The van der Waals surface area contributed by atoms with Crippen LogP contribution in [0.25, 0.3) is 0 Å². The van der Waals surface area contributed by atoms with E-state index >= 15 is 0 Å². The second-order valence-electron chi connectivity index (χ2n) is 7.06. The van der Waals surface area contributed by atoms with Crippen LogP contribution in [0.4, 0.5) is 0 Å². The SMILES string of the molecule is Cc1ccccc1C(=O)N1CCC2(CC1)N=C(c1ccc(Br)cc1)C(=O)N2. The lowest BCUT2D eigenvalue weighted by Crippen LogP contribution is -2.52. The minimum absolute atomic E-state index is 0.0457. The van der Waals surface area contributed by atoms with E-state index in [1.165, 1.54) is 0 Å². The van der Waals surface area contributed by atoms with Gasteiger partial charge in [0.05, 0.1) is 0 Å². The molecule has 0 atom stereocenters. The van der Waals surface area contributed by atoms with E-state index in [9.17, 15) is 9.59 Å². The minimum Gasteiger partial charge on any atom is -0.338 e. The van der Waals surface area contributed by atoms with Crippen molar-refractivity contribution in [1.82, 2.24) is 10.2 Å². The summed E-state index contributed by atoms with van der Waals surface area (Å²) in [4.78, 5) is 31.9. The van der Waals surface area contributed by atoms with Gasteiger partial charge < -0.3 is 10.2 Å². The first-order valence-electron chi connectivity index (χ1n) is 9.01. The number of nitrogens with zero attached hydrogens (tertiary/aromatic N) is 2. The van der Waals surface area contributed by atoms with E-state index in [0.29, 0.717) is 31.6 Å². The molecule has 2 aromatic carbocycles. The molecule has 1 saturated heterocycles. The van der Waals surface area contributed by atoms with Crippen LogP contribution in [0, 0.1) is 6.92 Å². The van der Waals surface area contributed by atoms with E-state index in [0.717, 1.165) is 21.2 Å². The maximum Gasteiger partial charge on any atom is 0.272 e. The number of aryl methyl sites for hydroxylation is 1. The van der Waals surface area contributed by atoms with Gasteiger partial charge in [0.25, 0.3) is 11.8 Å². The van der Waals surface area contributed by atoms with Gasteiger partial charge in [-0.25, -0.2) is 0 Å². The fourth-order valence-electron chi connectivity index (χ4n) is 3.67. The Morgan fingerprint density at radius 1 is 1.11 bits per heavy atom. The quantitative estimate of drug-likeness (QED) is 0.801. The summed E-state index contributed by atoms with van der Waals surface area (Å²) in [7, 11) is 0. The van der Waals surface area contributed by atoms with Crippen LogP contribution in [0.3, 0.4) is 0 Å². The molecule has 2 aliphatic rings. The fraction of sp³-hybridized carbons (Fsp3) is 0.286. The summed E-state index contributed by atoms with van der Waals surface area (Å²) in [6, 6.07) is 15.2. The summed E-state index contributed by atoms with van der Waals surface area (Å²) in [6.07, 6.45) is 1.24. The van der Waals surface area contributed by atoms with Gasteiger partial charge in [-0.05, 0) is 30.7 Å². The predicted molar refractivity (Wildman–Crippen MR) is 108 cm³/mol. The molecule has 1 N–H and O–H groups in total. The molecular weight excluding hydrogens is 406 g/mol. The molecule has 0 radical (unpaired) electrons. The van der Waals surface area contributed by atoms with E-state index in [1.807, 2.05) is 60.4 Å². The zero-order chi connectivity index (χ0) is 19.0. The molecule has 138 valence electrons. The summed E-state index contributed by atoms with van der Waals surface area (Å²) >= 11 is 3.41. The number of nitrogens with one attached hydrogen (secondary N) is 1. The van der Waals surface area contributed by atoms with Crippen LogP contribution >= 0.6 is 15.9 Å². The maximum atomic E-state index is 12.8. The second kappa shape index (κ2) is 6.93. The Morgan fingerprint density at radius 3 is 2.44 bits per heavy atom. The number of carbonyl (C=O) groups excluding carboxylic acids is 2.